The number of hydrogen-bond acceptors (Lipinski definition) is 2. The number of halogens is 2. The topological polar surface area (TPSA) is 41.1 Å². The number of benzene rings is 2. The average molecular weight is 304 g/mol. The first-order valence-corrected chi connectivity index (χ1v) is 7.01. The summed E-state index contributed by atoms with van der Waals surface area (Å²) in [6.07, 6.45) is 0. The summed E-state index contributed by atoms with van der Waals surface area (Å²) in [7, 11) is 0. The summed E-state index contributed by atoms with van der Waals surface area (Å²) >= 11 is 0. The van der Waals surface area contributed by atoms with Crippen molar-refractivity contribution in [1.29, 1.82) is 0 Å². The number of carbonyl (C=O) groups is 1. The van der Waals surface area contributed by atoms with E-state index in [1.54, 1.807) is 0 Å². The Bertz CT molecular complexity index is 673. The Kier molecular flexibility index (Phi) is 5.09. The highest BCUT2D eigenvalue weighted by Crippen LogP contribution is 2.17. The van der Waals surface area contributed by atoms with E-state index in [4.69, 9.17) is 0 Å². The molecule has 0 aromatic heterocycles. The van der Waals surface area contributed by atoms with Gasteiger partial charge >= 0.3 is 0 Å². The van der Waals surface area contributed by atoms with E-state index in [0.29, 0.717) is 0 Å². The Labute approximate surface area is 128 Å². The summed E-state index contributed by atoms with van der Waals surface area (Å²) in [5.74, 6) is -1.45. The molecular weight excluding hydrogens is 286 g/mol. The normalized spacial score (nSPS) is 11.8. The quantitative estimate of drug-likeness (QED) is 0.887. The van der Waals surface area contributed by atoms with E-state index in [9.17, 15) is 13.6 Å². The maximum Gasteiger partial charge on any atom is 0.239 e. The number of aryl methyl sites for hydroxylation is 1. The van der Waals surface area contributed by atoms with Crippen LogP contribution in [0.5, 0.6) is 0 Å². The van der Waals surface area contributed by atoms with Gasteiger partial charge in [0.1, 0.15) is 11.6 Å². The van der Waals surface area contributed by atoms with Crippen molar-refractivity contribution >= 4 is 11.6 Å². The molecule has 22 heavy (non-hydrogen) atoms. The van der Waals surface area contributed by atoms with Gasteiger partial charge in [-0.25, -0.2) is 8.78 Å². The molecule has 5 heteroatoms. The van der Waals surface area contributed by atoms with Crippen molar-refractivity contribution in [2.75, 3.05) is 11.9 Å². The number of rotatable bonds is 5. The number of hydrogen-bond donors (Lipinski definition) is 2. The van der Waals surface area contributed by atoms with Crippen LogP contribution in [-0.2, 0) is 4.79 Å². The average Bonchev–Trinajstić information content (AvgIpc) is 2.48. The zero-order chi connectivity index (χ0) is 16.1. The van der Waals surface area contributed by atoms with Gasteiger partial charge in [-0.05, 0) is 43.2 Å². The highest BCUT2D eigenvalue weighted by Gasteiger charge is 2.12. The van der Waals surface area contributed by atoms with Gasteiger partial charge in [0.15, 0.2) is 0 Å². The maximum absolute atomic E-state index is 13.4. The number of carbonyl (C=O) groups excluding carboxylic acids is 1. The lowest BCUT2D eigenvalue weighted by atomic mass is 10.0. The zero-order valence-electron chi connectivity index (χ0n) is 12.5. The van der Waals surface area contributed by atoms with Crippen molar-refractivity contribution < 1.29 is 13.6 Å². The Balaban J connectivity index is 1.93. The highest BCUT2D eigenvalue weighted by molar-refractivity contribution is 5.81. The predicted octanol–water partition coefficient (Wildman–Crippen LogP) is 3.56. The van der Waals surface area contributed by atoms with Gasteiger partial charge in [-0.3, -0.25) is 4.79 Å². The molecule has 0 heterocycles. The molecule has 0 aliphatic rings. The van der Waals surface area contributed by atoms with Gasteiger partial charge < -0.3 is 10.6 Å². The van der Waals surface area contributed by atoms with Gasteiger partial charge in [0.05, 0.1) is 18.3 Å². The van der Waals surface area contributed by atoms with Crippen LogP contribution >= 0.6 is 0 Å². The standard InChI is InChI=1S/C17H18F2N2O/c1-11-5-3-4-6-14(11)12(2)21-17(22)10-20-16-9-13(18)7-8-15(16)19/h3-9,12,20H,10H2,1-2H3,(H,21,22)/t12-/m1/s1. The molecule has 116 valence electrons. The van der Waals surface area contributed by atoms with E-state index in [2.05, 4.69) is 10.6 Å². The van der Waals surface area contributed by atoms with Crippen LogP contribution in [-0.4, -0.2) is 12.5 Å². The second-order valence-corrected chi connectivity index (χ2v) is 5.12. The van der Waals surface area contributed by atoms with Gasteiger partial charge in [-0.1, -0.05) is 24.3 Å². The van der Waals surface area contributed by atoms with E-state index in [1.807, 2.05) is 38.1 Å². The van der Waals surface area contributed by atoms with Gasteiger partial charge in [-0.2, -0.15) is 0 Å². The van der Waals surface area contributed by atoms with Crippen LogP contribution in [0.15, 0.2) is 42.5 Å². The third kappa shape index (κ3) is 4.04. The first-order valence-electron chi connectivity index (χ1n) is 7.01. The molecule has 3 nitrogen and oxygen atoms in total. The second kappa shape index (κ2) is 7.02. The van der Waals surface area contributed by atoms with Crippen molar-refractivity contribution in [3.63, 3.8) is 0 Å². The molecule has 1 amide bonds. The third-order valence-corrected chi connectivity index (χ3v) is 3.40. The summed E-state index contributed by atoms with van der Waals surface area (Å²) in [5, 5.41) is 5.42. The van der Waals surface area contributed by atoms with Crippen LogP contribution in [0, 0.1) is 18.6 Å². The van der Waals surface area contributed by atoms with Gasteiger partial charge in [0, 0.05) is 0 Å². The molecule has 1 atom stereocenters. The predicted molar refractivity (Wildman–Crippen MR) is 82.6 cm³/mol. The minimum Gasteiger partial charge on any atom is -0.374 e. The Hall–Kier alpha value is -2.43. The molecule has 0 fully saturated rings. The zero-order valence-corrected chi connectivity index (χ0v) is 12.5. The van der Waals surface area contributed by atoms with Crippen LogP contribution in [0.3, 0.4) is 0 Å². The van der Waals surface area contributed by atoms with E-state index in [-0.39, 0.29) is 24.2 Å². The molecule has 0 bridgehead atoms. The molecule has 2 rings (SSSR count). The van der Waals surface area contributed by atoms with E-state index >= 15 is 0 Å². The number of amides is 1. The Morgan fingerprint density at radius 2 is 1.91 bits per heavy atom. The van der Waals surface area contributed by atoms with Crippen molar-refractivity contribution in [1.82, 2.24) is 5.32 Å². The van der Waals surface area contributed by atoms with E-state index < -0.39 is 11.6 Å². The van der Waals surface area contributed by atoms with Gasteiger partial charge in [0.25, 0.3) is 0 Å². The molecule has 0 aliphatic carbocycles. The molecule has 2 aromatic carbocycles. The summed E-state index contributed by atoms with van der Waals surface area (Å²) < 4.78 is 26.5. The molecule has 0 aliphatic heterocycles. The van der Waals surface area contributed by atoms with Crippen LogP contribution in [0.1, 0.15) is 24.1 Å². The second-order valence-electron chi connectivity index (χ2n) is 5.12. The molecule has 2 N–H and O–H groups in total. The first-order chi connectivity index (χ1) is 10.5. The monoisotopic (exact) mass is 304 g/mol. The number of anilines is 1. The fourth-order valence-electron chi connectivity index (χ4n) is 2.25. The molecule has 0 radical (unpaired) electrons. The Morgan fingerprint density at radius 1 is 1.18 bits per heavy atom. The summed E-state index contributed by atoms with van der Waals surface area (Å²) in [6.45, 7) is 3.72. The summed E-state index contributed by atoms with van der Waals surface area (Å²) in [6, 6.07) is 10.7. The molecule has 0 spiro atoms. The van der Waals surface area contributed by atoms with Crippen molar-refractivity contribution in [2.45, 2.75) is 19.9 Å². The summed E-state index contributed by atoms with van der Waals surface area (Å²) in [4.78, 5) is 11.9. The minimum atomic E-state index is -0.596. The fraction of sp³-hybridized carbons (Fsp3) is 0.235. The molecule has 0 saturated heterocycles. The third-order valence-electron chi connectivity index (χ3n) is 3.40. The van der Waals surface area contributed by atoms with Gasteiger partial charge in [0.2, 0.25) is 5.91 Å². The van der Waals surface area contributed by atoms with Crippen LogP contribution < -0.4 is 10.6 Å². The minimum absolute atomic E-state index is 0.0290. The highest BCUT2D eigenvalue weighted by atomic mass is 19.1. The van der Waals surface area contributed by atoms with Crippen molar-refractivity contribution in [3.05, 3.63) is 65.2 Å². The number of nitrogens with one attached hydrogen (secondary N) is 2. The largest absolute Gasteiger partial charge is 0.374 e. The fourth-order valence-corrected chi connectivity index (χ4v) is 2.25. The molecule has 0 saturated carbocycles. The lowest BCUT2D eigenvalue weighted by Gasteiger charge is -2.17. The SMILES string of the molecule is Cc1ccccc1[C@@H](C)NC(=O)CNc1cc(F)ccc1F. The van der Waals surface area contributed by atoms with Crippen LogP contribution in [0.4, 0.5) is 14.5 Å². The lowest BCUT2D eigenvalue weighted by molar-refractivity contribution is -0.120. The van der Waals surface area contributed by atoms with E-state index in [1.165, 1.54) is 0 Å². The first kappa shape index (κ1) is 15.9. The van der Waals surface area contributed by atoms with Crippen molar-refractivity contribution in [3.8, 4) is 0 Å². The van der Waals surface area contributed by atoms with Gasteiger partial charge in [-0.15, -0.1) is 0 Å². The van der Waals surface area contributed by atoms with Crippen molar-refractivity contribution in [2.24, 2.45) is 0 Å². The van der Waals surface area contributed by atoms with E-state index in [0.717, 1.165) is 29.3 Å². The smallest absolute Gasteiger partial charge is 0.239 e. The molecule has 0 unspecified atom stereocenters. The van der Waals surface area contributed by atoms with Crippen LogP contribution in [0.25, 0.3) is 0 Å². The molecule has 2 aromatic rings. The summed E-state index contributed by atoms with van der Waals surface area (Å²) in [5.41, 5.74) is 2.07. The lowest BCUT2D eigenvalue weighted by Crippen LogP contribution is -2.32. The Morgan fingerprint density at radius 3 is 2.64 bits per heavy atom. The maximum atomic E-state index is 13.4. The molecular formula is C17H18F2N2O. The van der Waals surface area contributed by atoms with Crippen LogP contribution in [0.2, 0.25) is 0 Å².